The van der Waals surface area contributed by atoms with Gasteiger partial charge in [0.1, 0.15) is 12.4 Å². The van der Waals surface area contributed by atoms with Gasteiger partial charge in [0.25, 0.3) is 0 Å². The SMILES string of the molecule is Fc1ccccc1COc1ccc(CCl)cn1. The fourth-order valence-corrected chi connectivity index (χ4v) is 1.50. The minimum atomic E-state index is -0.273. The molecule has 1 aromatic carbocycles. The fourth-order valence-electron chi connectivity index (χ4n) is 1.34. The Bertz CT molecular complexity index is 487. The van der Waals surface area contributed by atoms with Crippen molar-refractivity contribution < 1.29 is 9.13 Å². The van der Waals surface area contributed by atoms with E-state index < -0.39 is 0 Å². The van der Waals surface area contributed by atoms with Gasteiger partial charge >= 0.3 is 0 Å². The van der Waals surface area contributed by atoms with E-state index in [0.717, 1.165) is 5.56 Å². The Kier molecular flexibility index (Phi) is 3.94. The van der Waals surface area contributed by atoms with Crippen molar-refractivity contribution in [2.75, 3.05) is 0 Å². The zero-order chi connectivity index (χ0) is 12.1. The van der Waals surface area contributed by atoms with E-state index in [2.05, 4.69) is 4.98 Å². The second-order valence-corrected chi connectivity index (χ2v) is 3.79. The smallest absolute Gasteiger partial charge is 0.213 e. The molecule has 88 valence electrons. The van der Waals surface area contributed by atoms with Gasteiger partial charge in [-0.3, -0.25) is 0 Å². The summed E-state index contributed by atoms with van der Waals surface area (Å²) in [4.78, 5) is 4.07. The highest BCUT2D eigenvalue weighted by Crippen LogP contribution is 2.13. The van der Waals surface area contributed by atoms with Gasteiger partial charge in [-0.25, -0.2) is 9.37 Å². The van der Waals surface area contributed by atoms with Crippen LogP contribution in [0, 0.1) is 5.82 Å². The molecule has 0 aliphatic heterocycles. The van der Waals surface area contributed by atoms with E-state index in [1.54, 1.807) is 30.5 Å². The first-order valence-corrected chi connectivity index (χ1v) is 5.70. The van der Waals surface area contributed by atoms with E-state index in [0.29, 0.717) is 17.3 Å². The molecule has 0 N–H and O–H groups in total. The molecule has 17 heavy (non-hydrogen) atoms. The third kappa shape index (κ3) is 3.17. The first-order chi connectivity index (χ1) is 8.29. The number of alkyl halides is 1. The fraction of sp³-hybridized carbons (Fsp3) is 0.154. The first-order valence-electron chi connectivity index (χ1n) is 5.16. The van der Waals surface area contributed by atoms with Crippen LogP contribution >= 0.6 is 11.6 Å². The van der Waals surface area contributed by atoms with Crippen LogP contribution in [0.25, 0.3) is 0 Å². The van der Waals surface area contributed by atoms with Crippen molar-refractivity contribution in [3.8, 4) is 5.88 Å². The number of hydrogen-bond acceptors (Lipinski definition) is 2. The molecular weight excluding hydrogens is 241 g/mol. The first kappa shape index (κ1) is 11.9. The summed E-state index contributed by atoms with van der Waals surface area (Å²) in [7, 11) is 0. The van der Waals surface area contributed by atoms with Crippen LogP contribution in [0.2, 0.25) is 0 Å². The third-order valence-corrected chi connectivity index (χ3v) is 2.59. The molecule has 0 spiro atoms. The highest BCUT2D eigenvalue weighted by molar-refractivity contribution is 6.17. The van der Waals surface area contributed by atoms with Gasteiger partial charge in [0.2, 0.25) is 5.88 Å². The molecule has 0 radical (unpaired) electrons. The summed E-state index contributed by atoms with van der Waals surface area (Å²) in [6, 6.07) is 10.1. The van der Waals surface area contributed by atoms with E-state index in [1.165, 1.54) is 6.07 Å². The van der Waals surface area contributed by atoms with E-state index in [-0.39, 0.29) is 12.4 Å². The van der Waals surface area contributed by atoms with Crippen LogP contribution < -0.4 is 4.74 Å². The largest absolute Gasteiger partial charge is 0.473 e. The van der Waals surface area contributed by atoms with Crippen LogP contribution in [-0.4, -0.2) is 4.98 Å². The van der Waals surface area contributed by atoms with Crippen LogP contribution in [0.15, 0.2) is 42.6 Å². The summed E-state index contributed by atoms with van der Waals surface area (Å²) in [5.74, 6) is 0.604. The number of pyridine rings is 1. The minimum absolute atomic E-state index is 0.167. The van der Waals surface area contributed by atoms with Crippen LogP contribution in [0.3, 0.4) is 0 Å². The second kappa shape index (κ2) is 5.64. The van der Waals surface area contributed by atoms with E-state index in [1.807, 2.05) is 6.07 Å². The van der Waals surface area contributed by atoms with Crippen molar-refractivity contribution in [3.05, 3.63) is 59.5 Å². The number of rotatable bonds is 4. The number of nitrogens with zero attached hydrogens (tertiary/aromatic N) is 1. The predicted molar refractivity (Wildman–Crippen MR) is 64.5 cm³/mol. The lowest BCUT2D eigenvalue weighted by Crippen LogP contribution is -1.99. The molecule has 2 aromatic rings. The summed E-state index contributed by atoms with van der Waals surface area (Å²) in [5, 5.41) is 0. The van der Waals surface area contributed by atoms with Gasteiger partial charge in [-0.15, -0.1) is 11.6 Å². The molecule has 0 fully saturated rings. The summed E-state index contributed by atoms with van der Waals surface area (Å²) < 4.78 is 18.7. The molecule has 2 nitrogen and oxygen atoms in total. The number of aromatic nitrogens is 1. The molecule has 0 saturated carbocycles. The van der Waals surface area contributed by atoms with Crippen molar-refractivity contribution in [1.82, 2.24) is 4.98 Å². The normalized spacial score (nSPS) is 10.2. The Labute approximate surface area is 104 Å². The van der Waals surface area contributed by atoms with Gasteiger partial charge in [0.15, 0.2) is 0 Å². The molecule has 0 unspecified atom stereocenters. The summed E-state index contributed by atoms with van der Waals surface area (Å²) in [5.41, 5.74) is 1.43. The predicted octanol–water partition coefficient (Wildman–Crippen LogP) is 3.54. The Morgan fingerprint density at radius 1 is 1.18 bits per heavy atom. The standard InChI is InChI=1S/C13H11ClFNO/c14-7-10-5-6-13(16-8-10)17-9-11-3-1-2-4-12(11)15/h1-6,8H,7,9H2. The van der Waals surface area contributed by atoms with Crippen molar-refractivity contribution in [2.45, 2.75) is 12.5 Å². The van der Waals surface area contributed by atoms with E-state index >= 15 is 0 Å². The van der Waals surface area contributed by atoms with Crippen LogP contribution in [0.1, 0.15) is 11.1 Å². The molecule has 0 atom stereocenters. The number of halogens is 2. The van der Waals surface area contributed by atoms with Gasteiger partial charge in [0.05, 0.1) is 0 Å². The average molecular weight is 252 g/mol. The van der Waals surface area contributed by atoms with Gasteiger partial charge in [-0.2, -0.15) is 0 Å². The van der Waals surface area contributed by atoms with Crippen LogP contribution in [0.5, 0.6) is 5.88 Å². The maximum atomic E-state index is 13.3. The maximum absolute atomic E-state index is 13.3. The van der Waals surface area contributed by atoms with Gasteiger partial charge in [-0.05, 0) is 11.6 Å². The Morgan fingerprint density at radius 3 is 2.65 bits per heavy atom. The van der Waals surface area contributed by atoms with Gasteiger partial charge in [0, 0.05) is 23.7 Å². The molecule has 2 rings (SSSR count). The molecule has 1 aromatic heterocycles. The van der Waals surface area contributed by atoms with Gasteiger partial charge < -0.3 is 4.74 Å². The summed E-state index contributed by atoms with van der Waals surface area (Å²) in [6.45, 7) is 0.167. The molecule has 0 saturated heterocycles. The lowest BCUT2D eigenvalue weighted by molar-refractivity contribution is 0.288. The number of hydrogen-bond donors (Lipinski definition) is 0. The molecular formula is C13H11ClFNO. The minimum Gasteiger partial charge on any atom is -0.473 e. The molecule has 1 heterocycles. The van der Waals surface area contributed by atoms with E-state index in [9.17, 15) is 4.39 Å². The highest BCUT2D eigenvalue weighted by atomic mass is 35.5. The van der Waals surface area contributed by atoms with Gasteiger partial charge in [-0.1, -0.05) is 24.3 Å². The topological polar surface area (TPSA) is 22.1 Å². The monoisotopic (exact) mass is 251 g/mol. The molecule has 0 amide bonds. The summed E-state index contributed by atoms with van der Waals surface area (Å²) in [6.07, 6.45) is 1.64. The molecule has 0 bridgehead atoms. The van der Waals surface area contributed by atoms with Crippen molar-refractivity contribution in [3.63, 3.8) is 0 Å². The molecule has 0 aliphatic carbocycles. The van der Waals surface area contributed by atoms with Crippen LogP contribution in [0.4, 0.5) is 4.39 Å². The summed E-state index contributed by atoms with van der Waals surface area (Å²) >= 11 is 5.64. The Morgan fingerprint density at radius 2 is 2.00 bits per heavy atom. The maximum Gasteiger partial charge on any atom is 0.213 e. The lowest BCUT2D eigenvalue weighted by atomic mass is 10.2. The molecule has 0 aliphatic rings. The zero-order valence-corrected chi connectivity index (χ0v) is 9.82. The molecule has 4 heteroatoms. The average Bonchev–Trinajstić information content (AvgIpc) is 2.38. The van der Waals surface area contributed by atoms with Crippen molar-refractivity contribution in [1.29, 1.82) is 0 Å². The van der Waals surface area contributed by atoms with Crippen molar-refractivity contribution in [2.24, 2.45) is 0 Å². The van der Waals surface area contributed by atoms with Crippen LogP contribution in [-0.2, 0) is 12.5 Å². The Balaban J connectivity index is 2.00. The van der Waals surface area contributed by atoms with Crippen molar-refractivity contribution >= 4 is 11.6 Å². The highest BCUT2D eigenvalue weighted by Gasteiger charge is 2.02. The third-order valence-electron chi connectivity index (χ3n) is 2.29. The number of benzene rings is 1. The van der Waals surface area contributed by atoms with E-state index in [4.69, 9.17) is 16.3 Å². The lowest BCUT2D eigenvalue weighted by Gasteiger charge is -2.06. The second-order valence-electron chi connectivity index (χ2n) is 3.52. The zero-order valence-electron chi connectivity index (χ0n) is 9.07. The number of ether oxygens (including phenoxy) is 1. The Hall–Kier alpha value is -1.61. The quantitative estimate of drug-likeness (QED) is 0.776.